The summed E-state index contributed by atoms with van der Waals surface area (Å²) in [5.41, 5.74) is -0.576. The van der Waals surface area contributed by atoms with Gasteiger partial charge in [-0.3, -0.25) is 4.79 Å². The predicted octanol–water partition coefficient (Wildman–Crippen LogP) is 0.291. The predicted molar refractivity (Wildman–Crippen MR) is 47.2 cm³/mol. The summed E-state index contributed by atoms with van der Waals surface area (Å²) in [5.74, 6) is 0. The highest BCUT2D eigenvalue weighted by Crippen LogP contribution is 2.11. The average molecular weight is 178 g/mol. The fraction of sp³-hybridized carbons (Fsp3) is 0.857. The number of carbonyl (C=O) groups is 1. The molecule has 0 spiro atoms. The van der Waals surface area contributed by atoms with Gasteiger partial charge in [0.15, 0.2) is 10.6 Å². The van der Waals surface area contributed by atoms with Crippen LogP contribution in [0.4, 0.5) is 0 Å². The van der Waals surface area contributed by atoms with Crippen LogP contribution in [0, 0.1) is 0 Å². The first-order valence-corrected chi connectivity index (χ1v) is 4.35. The van der Waals surface area contributed by atoms with Crippen LogP contribution in [0.15, 0.2) is 0 Å². The second kappa shape index (κ2) is 4.09. The maximum Gasteiger partial charge on any atom is 0.188 e. The lowest BCUT2D eigenvalue weighted by atomic mass is 10.5. The van der Waals surface area contributed by atoms with E-state index in [1.165, 1.54) is 6.92 Å². The van der Waals surface area contributed by atoms with Gasteiger partial charge in [0.2, 0.25) is 0 Å². The van der Waals surface area contributed by atoms with Gasteiger partial charge in [0.05, 0.1) is 21.1 Å². The third-order valence-electron chi connectivity index (χ3n) is 1.01. The molecule has 1 atom stereocenters. The minimum Gasteiger partial charge on any atom is -0.376 e. The summed E-state index contributed by atoms with van der Waals surface area (Å²) in [4.78, 5) is 10.5. The highest BCUT2D eigenvalue weighted by Gasteiger charge is 2.16. The number of hydrogen-bond donors (Lipinski definition) is 1. The van der Waals surface area contributed by atoms with Crippen LogP contribution in [0.25, 0.3) is 0 Å². The molecular weight excluding hydrogens is 162 g/mol. The minimum absolute atomic E-state index is 0.0362. The highest BCUT2D eigenvalue weighted by atomic mass is 32.2. The molecule has 0 fully saturated rings. The third kappa shape index (κ3) is 7.84. The van der Waals surface area contributed by atoms with E-state index in [1.807, 2.05) is 21.1 Å². The van der Waals surface area contributed by atoms with Gasteiger partial charge >= 0.3 is 0 Å². The van der Waals surface area contributed by atoms with Gasteiger partial charge in [0.25, 0.3) is 0 Å². The van der Waals surface area contributed by atoms with Crippen LogP contribution in [0.2, 0.25) is 0 Å². The second-order valence-corrected chi connectivity index (χ2v) is 4.89. The molecule has 0 rings (SSSR count). The number of likely N-dealkylation sites (N-methyl/N-ethyl adjacent to an activating group) is 1. The van der Waals surface area contributed by atoms with E-state index < -0.39 is 5.44 Å². The molecule has 0 aliphatic rings. The zero-order valence-electron chi connectivity index (χ0n) is 7.50. The van der Waals surface area contributed by atoms with Crippen molar-refractivity contribution in [3.8, 4) is 0 Å². The molecule has 4 heteroatoms. The van der Waals surface area contributed by atoms with Crippen LogP contribution < -0.4 is 0 Å². The smallest absolute Gasteiger partial charge is 0.188 e. The molecule has 0 aliphatic carbocycles. The molecule has 3 nitrogen and oxygen atoms in total. The van der Waals surface area contributed by atoms with Crippen LogP contribution in [0.1, 0.15) is 6.92 Å². The summed E-state index contributed by atoms with van der Waals surface area (Å²) >= 11 is 0.982. The maximum absolute atomic E-state index is 10.5. The fourth-order valence-electron chi connectivity index (χ4n) is 0.697. The molecule has 0 saturated carbocycles. The number of nitrogens with zero attached hydrogens (tertiary/aromatic N) is 1. The Kier molecular flexibility index (Phi) is 4.07. The highest BCUT2D eigenvalue weighted by molar-refractivity contribution is 8.13. The zero-order valence-corrected chi connectivity index (χ0v) is 8.31. The quantitative estimate of drug-likeness (QED) is 0.498. The number of thioether (sulfide) groups is 1. The van der Waals surface area contributed by atoms with E-state index in [4.69, 9.17) is 0 Å². The van der Waals surface area contributed by atoms with Crippen molar-refractivity contribution in [3.63, 3.8) is 0 Å². The molecule has 0 bridgehead atoms. The number of rotatable bonds is 3. The summed E-state index contributed by atoms with van der Waals surface area (Å²) in [7, 11) is 5.93. The normalized spacial score (nSPS) is 14.6. The van der Waals surface area contributed by atoms with Crippen molar-refractivity contribution in [2.45, 2.75) is 12.4 Å². The van der Waals surface area contributed by atoms with Crippen LogP contribution in [-0.4, -0.2) is 47.8 Å². The molecule has 11 heavy (non-hydrogen) atoms. The SMILES string of the molecule is CC(=O)SC(O)C[N+](C)(C)C. The summed E-state index contributed by atoms with van der Waals surface area (Å²) in [6.45, 7) is 2.05. The lowest BCUT2D eigenvalue weighted by Crippen LogP contribution is -2.40. The van der Waals surface area contributed by atoms with Gasteiger partial charge in [-0.1, -0.05) is 11.8 Å². The third-order valence-corrected chi connectivity index (χ3v) is 1.76. The van der Waals surface area contributed by atoms with Crippen molar-refractivity contribution in [1.82, 2.24) is 0 Å². The van der Waals surface area contributed by atoms with Gasteiger partial charge < -0.3 is 9.59 Å². The number of aliphatic hydroxyl groups is 1. The van der Waals surface area contributed by atoms with Crippen molar-refractivity contribution in [2.75, 3.05) is 27.7 Å². The van der Waals surface area contributed by atoms with Gasteiger partial charge in [0, 0.05) is 6.92 Å². The Bertz CT molecular complexity index is 142. The lowest BCUT2D eigenvalue weighted by molar-refractivity contribution is -0.871. The van der Waals surface area contributed by atoms with E-state index in [0.29, 0.717) is 11.0 Å². The first-order chi connectivity index (χ1) is 4.81. The van der Waals surface area contributed by atoms with E-state index in [0.717, 1.165) is 11.8 Å². The first kappa shape index (κ1) is 10.9. The van der Waals surface area contributed by atoms with Crippen molar-refractivity contribution in [1.29, 1.82) is 0 Å². The van der Waals surface area contributed by atoms with Crippen LogP contribution in [0.3, 0.4) is 0 Å². The molecular formula is C7H16NO2S+. The lowest BCUT2D eigenvalue weighted by Gasteiger charge is -2.25. The summed E-state index contributed by atoms with van der Waals surface area (Å²) < 4.78 is 0.668. The number of carbonyl (C=O) groups excluding carboxylic acids is 1. The molecule has 0 aromatic rings. The second-order valence-electron chi connectivity index (χ2n) is 3.54. The maximum atomic E-state index is 10.5. The Balaban J connectivity index is 3.69. The molecule has 66 valence electrons. The van der Waals surface area contributed by atoms with Crippen molar-refractivity contribution >= 4 is 16.9 Å². The van der Waals surface area contributed by atoms with E-state index in [1.54, 1.807) is 0 Å². The largest absolute Gasteiger partial charge is 0.376 e. The molecule has 0 aromatic heterocycles. The Hall–Kier alpha value is -0.0600. The van der Waals surface area contributed by atoms with Gasteiger partial charge in [0.1, 0.15) is 6.54 Å². The monoisotopic (exact) mass is 178 g/mol. The van der Waals surface area contributed by atoms with Crippen molar-refractivity contribution < 1.29 is 14.4 Å². The molecule has 0 aromatic carbocycles. The number of hydrogen-bond acceptors (Lipinski definition) is 3. The number of quaternary nitrogens is 1. The first-order valence-electron chi connectivity index (χ1n) is 3.47. The van der Waals surface area contributed by atoms with Gasteiger partial charge in [-0.05, 0) is 0 Å². The fourth-order valence-corrected chi connectivity index (χ4v) is 1.60. The van der Waals surface area contributed by atoms with E-state index in [9.17, 15) is 9.90 Å². The van der Waals surface area contributed by atoms with Crippen molar-refractivity contribution in [3.05, 3.63) is 0 Å². The van der Waals surface area contributed by atoms with Crippen LogP contribution in [-0.2, 0) is 4.79 Å². The summed E-state index contributed by atoms with van der Waals surface area (Å²) in [6, 6.07) is 0. The zero-order chi connectivity index (χ0) is 9.07. The Morgan fingerprint density at radius 2 is 2.00 bits per heavy atom. The standard InChI is InChI=1S/C7H16NO2S/c1-6(9)11-7(10)5-8(2,3)4/h7,10H,5H2,1-4H3/q+1. The molecule has 0 aliphatic heterocycles. The van der Waals surface area contributed by atoms with Gasteiger partial charge in [-0.2, -0.15) is 0 Å². The molecule has 0 heterocycles. The van der Waals surface area contributed by atoms with E-state index in [-0.39, 0.29) is 5.12 Å². The molecule has 0 saturated heterocycles. The van der Waals surface area contributed by atoms with E-state index in [2.05, 4.69) is 0 Å². The van der Waals surface area contributed by atoms with Crippen LogP contribution >= 0.6 is 11.8 Å². The Labute approximate surface area is 72.0 Å². The summed E-state index contributed by atoms with van der Waals surface area (Å²) in [6.07, 6.45) is 0. The molecule has 0 radical (unpaired) electrons. The molecule has 1 unspecified atom stereocenters. The average Bonchev–Trinajstić information content (AvgIpc) is 1.53. The van der Waals surface area contributed by atoms with Crippen LogP contribution in [0.5, 0.6) is 0 Å². The molecule has 0 amide bonds. The Morgan fingerprint density at radius 3 is 2.27 bits per heavy atom. The Morgan fingerprint density at radius 1 is 1.55 bits per heavy atom. The molecule has 1 N–H and O–H groups in total. The topological polar surface area (TPSA) is 37.3 Å². The number of aliphatic hydroxyl groups excluding tert-OH is 1. The van der Waals surface area contributed by atoms with Gasteiger partial charge in [-0.15, -0.1) is 0 Å². The summed E-state index contributed by atoms with van der Waals surface area (Å²) in [5, 5.41) is 9.25. The van der Waals surface area contributed by atoms with E-state index >= 15 is 0 Å². The van der Waals surface area contributed by atoms with Crippen molar-refractivity contribution in [2.24, 2.45) is 0 Å². The van der Waals surface area contributed by atoms with Gasteiger partial charge in [-0.25, -0.2) is 0 Å². The minimum atomic E-state index is -0.576.